The van der Waals surface area contributed by atoms with Crippen LogP contribution in [0.1, 0.15) is 20.8 Å². The molecular weight excluding hydrogens is 259 g/mol. The molecule has 0 atom stereocenters. The summed E-state index contributed by atoms with van der Waals surface area (Å²) in [6.07, 6.45) is 0. The second kappa shape index (κ2) is 4.38. The number of rotatable bonds is 0. The molecule has 49 valence electrons. The molecule has 0 aromatic rings. The average molecular weight is 268 g/mol. The van der Waals surface area contributed by atoms with Crippen LogP contribution in [0.3, 0.4) is 0 Å². The molecule has 0 aliphatic carbocycles. The maximum absolute atomic E-state index is 3.14. The van der Waals surface area contributed by atoms with Crippen LogP contribution in [-0.2, 0) is 19.2 Å². The number of hydrogen-bond donors (Lipinski definition) is 0. The van der Waals surface area contributed by atoms with E-state index >= 15 is 0 Å². The van der Waals surface area contributed by atoms with E-state index in [0.717, 1.165) is 0 Å². The molecule has 0 bridgehead atoms. The summed E-state index contributed by atoms with van der Waals surface area (Å²) < 4.78 is 3.04. The van der Waals surface area contributed by atoms with Crippen molar-refractivity contribution in [3.63, 3.8) is 0 Å². The van der Waals surface area contributed by atoms with Crippen LogP contribution in [0, 0.1) is 19.3 Å². The number of hydrogen-bond acceptors (Lipinski definition) is 0. The fourth-order valence-electron chi connectivity index (χ4n) is 0.199. The van der Waals surface area contributed by atoms with Crippen molar-refractivity contribution in [3.8, 4) is 13.8 Å². The summed E-state index contributed by atoms with van der Waals surface area (Å²) in [5.74, 6) is 3.14. The Bertz CT molecular complexity index is 172. The molecule has 0 fully saturated rings. The van der Waals surface area contributed by atoms with Gasteiger partial charge in [0.1, 0.15) is 0 Å². The van der Waals surface area contributed by atoms with Crippen molar-refractivity contribution in [2.45, 2.75) is 20.8 Å². The summed E-state index contributed by atoms with van der Waals surface area (Å²) in [7, 11) is 0. The fourth-order valence-corrected chi connectivity index (χ4v) is 1.57. The summed E-state index contributed by atoms with van der Waals surface area (Å²) in [4.78, 5) is 3.08. The molecule has 0 spiro atoms. The molecule has 9 heavy (non-hydrogen) atoms. The third-order valence-corrected chi connectivity index (χ3v) is 2.19. The molecule has 0 unspecified atom stereocenters. The molecule has 0 amide bonds. The third-order valence-electron chi connectivity index (χ3n) is 0.519. The van der Waals surface area contributed by atoms with Gasteiger partial charge in [-0.25, -0.2) is 0 Å². The summed E-state index contributed by atoms with van der Waals surface area (Å²) >= 11 is 2.18. The van der Waals surface area contributed by atoms with Gasteiger partial charge in [-0.2, -0.15) is 0 Å². The van der Waals surface area contributed by atoms with Crippen LogP contribution in [-0.4, -0.2) is 15.0 Å². The second-order valence-corrected chi connectivity index (χ2v) is 6.00. The fraction of sp³-hybridized carbons (Fsp3) is 0.571. The van der Waals surface area contributed by atoms with Gasteiger partial charge < -0.3 is 0 Å². The summed E-state index contributed by atoms with van der Waals surface area (Å²) in [5.41, 5.74) is 0.166. The molecule has 0 saturated heterocycles. The minimum absolute atomic E-state index is 0.166. The molecule has 0 nitrogen and oxygen atoms in total. The van der Waals surface area contributed by atoms with Crippen LogP contribution < -0.4 is 0 Å². The average Bonchev–Trinajstić information content (AvgIpc) is 1.63. The van der Waals surface area contributed by atoms with Gasteiger partial charge in [-0.3, -0.25) is 0 Å². The van der Waals surface area contributed by atoms with E-state index in [1.165, 1.54) is 0 Å². The van der Waals surface area contributed by atoms with Gasteiger partial charge in [0.15, 0.2) is 0 Å². The van der Waals surface area contributed by atoms with Crippen molar-refractivity contribution in [1.29, 1.82) is 0 Å². The molecule has 0 aliphatic heterocycles. The Balaban J connectivity index is 3.77. The van der Waals surface area contributed by atoms with Crippen molar-refractivity contribution in [2.75, 3.05) is 0 Å². The molecule has 0 heterocycles. The maximum atomic E-state index is 3.14. The van der Waals surface area contributed by atoms with Crippen molar-refractivity contribution < 1.29 is 19.2 Å². The van der Waals surface area contributed by atoms with Crippen LogP contribution in [0.5, 0.6) is 0 Å². The van der Waals surface area contributed by atoms with Gasteiger partial charge in [-0.15, -0.1) is 0 Å². The van der Waals surface area contributed by atoms with Crippen molar-refractivity contribution in [1.82, 2.24) is 0 Å². The van der Waals surface area contributed by atoms with E-state index in [-0.39, 0.29) is 5.41 Å². The normalized spacial score (nSPS) is 9.11. The third kappa shape index (κ3) is 8.55. The Morgan fingerprint density at radius 1 is 1.33 bits per heavy atom. The Morgan fingerprint density at radius 2 is 1.89 bits per heavy atom. The van der Waals surface area contributed by atoms with Crippen LogP contribution in [0.15, 0.2) is 0 Å². The van der Waals surface area contributed by atoms with Gasteiger partial charge in [0, 0.05) is 0 Å². The zero-order valence-corrected chi connectivity index (χ0v) is 9.54. The summed E-state index contributed by atoms with van der Waals surface area (Å²) in [6, 6.07) is 0. The Kier molecular flexibility index (Phi) is 4.64. The first kappa shape index (κ1) is 9.55. The van der Waals surface area contributed by atoms with Crippen molar-refractivity contribution >= 4 is 15.0 Å². The Labute approximate surface area is 74.0 Å². The zero-order valence-electron chi connectivity index (χ0n) is 5.82. The van der Waals surface area contributed by atoms with E-state index in [9.17, 15) is 0 Å². The quantitative estimate of drug-likeness (QED) is 0.457. The zero-order chi connectivity index (χ0) is 7.33. The molecule has 0 aromatic carbocycles. The van der Waals surface area contributed by atoms with E-state index < -0.39 is 0 Å². The monoisotopic (exact) mass is 271 g/mol. The van der Waals surface area contributed by atoms with Gasteiger partial charge in [0.2, 0.25) is 0 Å². The van der Waals surface area contributed by atoms with Crippen LogP contribution in [0.2, 0.25) is 0 Å². The summed E-state index contributed by atoms with van der Waals surface area (Å²) in [5, 5.41) is 0. The topological polar surface area (TPSA) is 0 Å². The molecule has 2 heteroatoms. The molecule has 0 radical (unpaired) electrons. The van der Waals surface area contributed by atoms with Crippen molar-refractivity contribution in [3.05, 3.63) is 0 Å². The second-order valence-electron chi connectivity index (χ2n) is 2.66. The van der Waals surface area contributed by atoms with Crippen LogP contribution >= 0.6 is 0 Å². The van der Waals surface area contributed by atoms with Crippen molar-refractivity contribution in [2.24, 2.45) is 5.41 Å². The Hall–Kier alpha value is 0.548. The Morgan fingerprint density at radius 3 is 2.22 bits per heavy atom. The molecule has 0 N–H and O–H groups in total. The van der Waals surface area contributed by atoms with Gasteiger partial charge in [0.25, 0.3) is 0 Å². The van der Waals surface area contributed by atoms with Crippen LogP contribution in [0.4, 0.5) is 0 Å². The minimum atomic E-state index is 0.166. The molecule has 0 aliphatic rings. The van der Waals surface area contributed by atoms with Crippen LogP contribution in [0.25, 0.3) is 0 Å². The predicted octanol–water partition coefficient (Wildman–Crippen LogP) is 1.16. The molecular formula is C7H9MoSe. The van der Waals surface area contributed by atoms with Gasteiger partial charge in [-0.1, -0.05) is 0 Å². The van der Waals surface area contributed by atoms with E-state index in [1.54, 1.807) is 0 Å². The van der Waals surface area contributed by atoms with E-state index in [2.05, 4.69) is 34.6 Å². The standard InChI is InChI=1S/C7H9Se.Mo/c1-7(2,3)5-6-8-4;/h1-3H3;. The van der Waals surface area contributed by atoms with E-state index in [0.29, 0.717) is 15.0 Å². The first-order chi connectivity index (χ1) is 4.06. The van der Waals surface area contributed by atoms with E-state index in [1.807, 2.05) is 19.2 Å². The predicted molar refractivity (Wildman–Crippen MR) is 36.9 cm³/mol. The van der Waals surface area contributed by atoms with Gasteiger partial charge in [-0.05, 0) is 0 Å². The summed E-state index contributed by atoms with van der Waals surface area (Å²) in [6.45, 7) is 6.35. The molecule has 0 aromatic heterocycles. The first-order valence-electron chi connectivity index (χ1n) is 2.61. The molecule has 0 rings (SSSR count). The van der Waals surface area contributed by atoms with Gasteiger partial charge in [0.05, 0.1) is 0 Å². The van der Waals surface area contributed by atoms with Gasteiger partial charge >= 0.3 is 74.1 Å². The SMILES string of the molecule is CC(C)(C)C#C[Se][C]#[Mo]. The molecule has 0 saturated carbocycles. The van der Waals surface area contributed by atoms with E-state index in [4.69, 9.17) is 0 Å². The first-order valence-corrected chi connectivity index (χ1v) is 5.33.